The second-order valence-corrected chi connectivity index (χ2v) is 7.22. The van der Waals surface area contributed by atoms with E-state index in [4.69, 9.17) is 16.3 Å². The van der Waals surface area contributed by atoms with Gasteiger partial charge in [0.2, 0.25) is 0 Å². The van der Waals surface area contributed by atoms with Crippen LogP contribution in [0.3, 0.4) is 0 Å². The number of halogens is 4. The minimum atomic E-state index is -4.58. The van der Waals surface area contributed by atoms with E-state index in [1.54, 1.807) is 24.3 Å². The van der Waals surface area contributed by atoms with Crippen LogP contribution in [0.1, 0.15) is 27.3 Å². The fourth-order valence-corrected chi connectivity index (χ4v) is 3.19. The molecule has 31 heavy (non-hydrogen) atoms. The Hall–Kier alpha value is -3.26. The first-order valence-corrected chi connectivity index (χ1v) is 9.53. The highest BCUT2D eigenvalue weighted by atomic mass is 35.5. The number of alkyl halides is 3. The minimum Gasteiger partial charge on any atom is -0.452 e. The predicted octanol–water partition coefficient (Wildman–Crippen LogP) is 5.56. The van der Waals surface area contributed by atoms with Crippen LogP contribution < -0.4 is 5.32 Å². The maximum atomic E-state index is 12.8. The summed E-state index contributed by atoms with van der Waals surface area (Å²) in [6, 6.07) is 13.1. The Morgan fingerprint density at radius 2 is 1.61 bits per heavy atom. The van der Waals surface area contributed by atoms with Gasteiger partial charge in [-0.2, -0.15) is 13.2 Å². The molecule has 0 saturated carbocycles. The number of hydrogen-bond donors (Lipinski definition) is 1. The van der Waals surface area contributed by atoms with Gasteiger partial charge in [0.05, 0.1) is 21.8 Å². The van der Waals surface area contributed by atoms with E-state index in [0.29, 0.717) is 6.07 Å². The summed E-state index contributed by atoms with van der Waals surface area (Å²) in [5.41, 5.74) is 2.00. The zero-order valence-corrected chi connectivity index (χ0v) is 17.3. The number of hydrogen-bond acceptors (Lipinski definition) is 3. The van der Waals surface area contributed by atoms with Crippen LogP contribution in [-0.2, 0) is 15.7 Å². The van der Waals surface area contributed by atoms with Crippen molar-refractivity contribution in [2.24, 2.45) is 0 Å². The van der Waals surface area contributed by atoms with Gasteiger partial charge in [0.25, 0.3) is 5.91 Å². The van der Waals surface area contributed by atoms with Crippen LogP contribution >= 0.6 is 11.6 Å². The summed E-state index contributed by atoms with van der Waals surface area (Å²) in [5.74, 6) is -1.55. The second kappa shape index (κ2) is 8.85. The summed E-state index contributed by atoms with van der Waals surface area (Å²) in [7, 11) is 0. The van der Waals surface area contributed by atoms with E-state index in [9.17, 15) is 22.8 Å². The number of anilines is 1. The van der Waals surface area contributed by atoms with Crippen LogP contribution in [0.15, 0.2) is 54.6 Å². The number of ether oxygens (including phenoxy) is 1. The van der Waals surface area contributed by atoms with Crippen LogP contribution in [0.2, 0.25) is 5.02 Å². The van der Waals surface area contributed by atoms with E-state index in [1.807, 2.05) is 30.5 Å². The maximum absolute atomic E-state index is 12.8. The van der Waals surface area contributed by atoms with E-state index in [1.165, 1.54) is 0 Å². The van der Waals surface area contributed by atoms with Gasteiger partial charge < -0.3 is 14.6 Å². The molecule has 2 aromatic carbocycles. The molecular weight excluding hydrogens is 433 g/mol. The largest absolute Gasteiger partial charge is 0.452 e. The molecule has 0 aliphatic heterocycles. The molecule has 0 aliphatic rings. The van der Waals surface area contributed by atoms with Crippen molar-refractivity contribution >= 4 is 29.2 Å². The average molecular weight is 451 g/mol. The van der Waals surface area contributed by atoms with Gasteiger partial charge in [-0.3, -0.25) is 4.79 Å². The lowest BCUT2D eigenvalue weighted by Gasteiger charge is -2.12. The van der Waals surface area contributed by atoms with Crippen molar-refractivity contribution in [3.8, 4) is 5.69 Å². The monoisotopic (exact) mass is 450 g/mol. The molecule has 0 bridgehead atoms. The van der Waals surface area contributed by atoms with Crippen molar-refractivity contribution in [3.05, 3.63) is 82.1 Å². The van der Waals surface area contributed by atoms with E-state index < -0.39 is 30.2 Å². The molecule has 0 saturated heterocycles. The SMILES string of the molecule is Cc1ccc(C)n1-c1ccc(C(=O)OCC(=O)Nc2cc(C(F)(F)F)ccc2Cl)cc1. The van der Waals surface area contributed by atoms with Crippen molar-refractivity contribution in [1.29, 1.82) is 0 Å². The molecule has 1 N–H and O–H groups in total. The summed E-state index contributed by atoms with van der Waals surface area (Å²) >= 11 is 5.84. The number of aryl methyl sites for hydroxylation is 2. The lowest BCUT2D eigenvalue weighted by molar-refractivity contribution is -0.137. The Morgan fingerprint density at radius 1 is 1.00 bits per heavy atom. The van der Waals surface area contributed by atoms with Gasteiger partial charge in [0.15, 0.2) is 6.61 Å². The van der Waals surface area contributed by atoms with Gasteiger partial charge in [-0.15, -0.1) is 0 Å². The number of nitrogens with one attached hydrogen (secondary N) is 1. The fourth-order valence-electron chi connectivity index (χ4n) is 3.02. The summed E-state index contributed by atoms with van der Waals surface area (Å²) in [6.45, 7) is 3.25. The van der Waals surface area contributed by atoms with Crippen molar-refractivity contribution in [2.75, 3.05) is 11.9 Å². The molecule has 1 aromatic heterocycles. The lowest BCUT2D eigenvalue weighted by atomic mass is 10.2. The Balaban J connectivity index is 1.61. The van der Waals surface area contributed by atoms with Gasteiger partial charge in [0.1, 0.15) is 0 Å². The quantitative estimate of drug-likeness (QED) is 0.517. The third-order valence-corrected chi connectivity index (χ3v) is 4.86. The van der Waals surface area contributed by atoms with Crippen LogP contribution in [0.4, 0.5) is 18.9 Å². The fraction of sp³-hybridized carbons (Fsp3) is 0.182. The number of amides is 1. The van der Waals surface area contributed by atoms with Gasteiger partial charge in [-0.1, -0.05) is 11.6 Å². The molecule has 3 rings (SSSR count). The molecule has 0 atom stereocenters. The molecule has 0 fully saturated rings. The molecule has 5 nitrogen and oxygen atoms in total. The van der Waals surface area contributed by atoms with Gasteiger partial charge in [0, 0.05) is 17.1 Å². The predicted molar refractivity (Wildman–Crippen MR) is 111 cm³/mol. The van der Waals surface area contributed by atoms with Gasteiger partial charge in [-0.25, -0.2) is 4.79 Å². The van der Waals surface area contributed by atoms with Crippen molar-refractivity contribution in [2.45, 2.75) is 20.0 Å². The van der Waals surface area contributed by atoms with Crippen LogP contribution in [0, 0.1) is 13.8 Å². The Kier molecular flexibility index (Phi) is 6.40. The highest BCUT2D eigenvalue weighted by molar-refractivity contribution is 6.33. The van der Waals surface area contributed by atoms with E-state index in [2.05, 4.69) is 5.32 Å². The Labute approximate surface area is 181 Å². The highest BCUT2D eigenvalue weighted by Crippen LogP contribution is 2.33. The summed E-state index contributed by atoms with van der Waals surface area (Å²) < 4.78 is 45.4. The number of aromatic nitrogens is 1. The number of carbonyl (C=O) groups excluding carboxylic acids is 2. The topological polar surface area (TPSA) is 60.3 Å². The molecule has 162 valence electrons. The molecular formula is C22H18ClF3N2O3. The van der Waals surface area contributed by atoms with Crippen molar-refractivity contribution in [1.82, 2.24) is 4.57 Å². The van der Waals surface area contributed by atoms with Crippen LogP contribution in [0.25, 0.3) is 5.69 Å². The molecule has 0 spiro atoms. The van der Waals surface area contributed by atoms with Gasteiger partial charge in [-0.05, 0) is 68.4 Å². The molecule has 1 amide bonds. The first-order chi connectivity index (χ1) is 14.6. The lowest BCUT2D eigenvalue weighted by Crippen LogP contribution is -2.21. The summed E-state index contributed by atoms with van der Waals surface area (Å²) in [4.78, 5) is 24.2. The first-order valence-electron chi connectivity index (χ1n) is 9.15. The average Bonchev–Trinajstić information content (AvgIpc) is 3.05. The highest BCUT2D eigenvalue weighted by Gasteiger charge is 2.31. The van der Waals surface area contributed by atoms with E-state index in [0.717, 1.165) is 29.2 Å². The Morgan fingerprint density at radius 3 is 2.19 bits per heavy atom. The molecule has 0 aliphatic carbocycles. The number of benzene rings is 2. The normalized spacial score (nSPS) is 11.3. The standard InChI is InChI=1S/C22H18ClF3N2O3/c1-13-3-4-14(2)28(13)17-8-5-15(6-9-17)21(30)31-12-20(29)27-19-11-16(22(24,25)26)7-10-18(19)23/h3-11H,12H2,1-2H3,(H,27,29). The van der Waals surface area contributed by atoms with Crippen LogP contribution in [0.5, 0.6) is 0 Å². The smallest absolute Gasteiger partial charge is 0.416 e. The minimum absolute atomic E-state index is 0.0705. The third kappa shape index (κ3) is 5.27. The second-order valence-electron chi connectivity index (χ2n) is 6.82. The zero-order chi connectivity index (χ0) is 22.8. The number of esters is 1. The number of carbonyl (C=O) groups is 2. The number of rotatable bonds is 5. The van der Waals surface area contributed by atoms with E-state index >= 15 is 0 Å². The molecule has 0 radical (unpaired) electrons. The number of nitrogens with zero attached hydrogens (tertiary/aromatic N) is 1. The zero-order valence-electron chi connectivity index (χ0n) is 16.6. The van der Waals surface area contributed by atoms with Crippen LogP contribution in [-0.4, -0.2) is 23.1 Å². The maximum Gasteiger partial charge on any atom is 0.416 e. The van der Waals surface area contributed by atoms with Crippen molar-refractivity contribution < 1.29 is 27.5 Å². The molecule has 0 unspecified atom stereocenters. The Bertz CT molecular complexity index is 1100. The van der Waals surface area contributed by atoms with E-state index in [-0.39, 0.29) is 16.3 Å². The van der Waals surface area contributed by atoms with Gasteiger partial charge >= 0.3 is 12.1 Å². The van der Waals surface area contributed by atoms with Crippen molar-refractivity contribution in [3.63, 3.8) is 0 Å². The first kappa shape index (κ1) is 22.4. The summed E-state index contributed by atoms with van der Waals surface area (Å²) in [6.07, 6.45) is -4.58. The molecule has 9 heteroatoms. The molecule has 1 heterocycles. The summed E-state index contributed by atoms with van der Waals surface area (Å²) in [5, 5.41) is 2.15. The molecule has 3 aromatic rings. The third-order valence-electron chi connectivity index (χ3n) is 4.53.